The van der Waals surface area contributed by atoms with E-state index in [0.29, 0.717) is 17.3 Å². The number of aromatic nitrogens is 1. The van der Waals surface area contributed by atoms with Crippen LogP contribution in [0.4, 0.5) is 25.1 Å². The van der Waals surface area contributed by atoms with Gasteiger partial charge in [-0.1, -0.05) is 54.6 Å². The minimum Gasteiger partial charge on any atom is -0.481 e. The first-order valence-electron chi connectivity index (χ1n) is 12.1. The van der Waals surface area contributed by atoms with Gasteiger partial charge in [0.1, 0.15) is 17.5 Å². The standard InChI is InChI=1S/C30H25F2N3O4/c1-18-24(12-14-28(33-18)35-30(39)34-26-13-11-23(31)17-25(26)32)20-7-9-21(10-8-20)27(36)16-22(29(37)38)15-19-5-3-2-4-6-19/h2-14,17,22H,15-16H2,1H3,(H,37,38)(H2,33,34,35,39). The van der Waals surface area contributed by atoms with Crippen molar-refractivity contribution in [1.29, 1.82) is 0 Å². The van der Waals surface area contributed by atoms with Crippen molar-refractivity contribution in [2.45, 2.75) is 19.8 Å². The van der Waals surface area contributed by atoms with Crippen LogP contribution in [0.2, 0.25) is 0 Å². The number of carbonyl (C=O) groups is 3. The first kappa shape index (κ1) is 27.1. The molecule has 39 heavy (non-hydrogen) atoms. The molecule has 0 aliphatic heterocycles. The summed E-state index contributed by atoms with van der Waals surface area (Å²) in [5.74, 6) is -3.54. The molecule has 1 heterocycles. The first-order chi connectivity index (χ1) is 18.7. The van der Waals surface area contributed by atoms with E-state index in [1.165, 1.54) is 0 Å². The molecular formula is C30H25F2N3O4. The largest absolute Gasteiger partial charge is 0.481 e. The molecule has 0 aliphatic carbocycles. The van der Waals surface area contributed by atoms with Gasteiger partial charge < -0.3 is 10.4 Å². The monoisotopic (exact) mass is 529 g/mol. The van der Waals surface area contributed by atoms with Crippen LogP contribution in [0, 0.1) is 24.5 Å². The predicted molar refractivity (Wildman–Crippen MR) is 144 cm³/mol. The van der Waals surface area contributed by atoms with Crippen molar-refractivity contribution in [2.75, 3.05) is 10.6 Å². The summed E-state index contributed by atoms with van der Waals surface area (Å²) >= 11 is 0. The van der Waals surface area contributed by atoms with Crippen LogP contribution in [0.25, 0.3) is 11.1 Å². The van der Waals surface area contributed by atoms with Gasteiger partial charge in [-0.15, -0.1) is 0 Å². The third-order valence-corrected chi connectivity index (χ3v) is 6.13. The number of halogens is 2. The lowest BCUT2D eigenvalue weighted by molar-refractivity contribution is -0.141. The van der Waals surface area contributed by atoms with Gasteiger partial charge in [0.05, 0.1) is 11.6 Å². The SMILES string of the molecule is Cc1nc(NC(=O)Nc2ccc(F)cc2F)ccc1-c1ccc(C(=O)CC(Cc2ccccc2)C(=O)O)cc1. The number of carbonyl (C=O) groups excluding carboxylic acids is 2. The van der Waals surface area contributed by atoms with Crippen LogP contribution in [-0.4, -0.2) is 27.9 Å². The van der Waals surface area contributed by atoms with Crippen LogP contribution >= 0.6 is 0 Å². The molecule has 1 atom stereocenters. The van der Waals surface area contributed by atoms with E-state index in [0.717, 1.165) is 28.8 Å². The molecule has 2 amide bonds. The lowest BCUT2D eigenvalue weighted by atomic mass is 9.91. The van der Waals surface area contributed by atoms with E-state index in [9.17, 15) is 28.3 Å². The average molecular weight is 530 g/mol. The molecule has 198 valence electrons. The van der Waals surface area contributed by atoms with Gasteiger partial charge >= 0.3 is 12.0 Å². The average Bonchev–Trinajstić information content (AvgIpc) is 2.90. The number of nitrogens with zero attached hydrogens (tertiary/aromatic N) is 1. The van der Waals surface area contributed by atoms with E-state index in [1.807, 2.05) is 30.3 Å². The smallest absolute Gasteiger partial charge is 0.324 e. The lowest BCUT2D eigenvalue weighted by Crippen LogP contribution is -2.21. The predicted octanol–water partition coefficient (Wildman–Crippen LogP) is 6.50. The summed E-state index contributed by atoms with van der Waals surface area (Å²) in [5.41, 5.74) is 3.22. The summed E-state index contributed by atoms with van der Waals surface area (Å²) in [6.07, 6.45) is 0.149. The van der Waals surface area contributed by atoms with Crippen molar-refractivity contribution in [3.8, 4) is 11.1 Å². The topological polar surface area (TPSA) is 108 Å². The zero-order chi connectivity index (χ0) is 27.9. The number of amides is 2. The van der Waals surface area contributed by atoms with E-state index in [2.05, 4.69) is 15.6 Å². The Morgan fingerprint density at radius 2 is 1.62 bits per heavy atom. The maximum absolute atomic E-state index is 13.8. The summed E-state index contributed by atoms with van der Waals surface area (Å²) in [7, 11) is 0. The highest BCUT2D eigenvalue weighted by molar-refractivity contribution is 5.99. The molecule has 0 radical (unpaired) electrons. The molecule has 9 heteroatoms. The highest BCUT2D eigenvalue weighted by atomic mass is 19.1. The summed E-state index contributed by atoms with van der Waals surface area (Å²) in [6.45, 7) is 1.75. The molecule has 0 spiro atoms. The van der Waals surface area contributed by atoms with Crippen molar-refractivity contribution in [1.82, 2.24) is 4.98 Å². The highest BCUT2D eigenvalue weighted by Gasteiger charge is 2.22. The van der Waals surface area contributed by atoms with Gasteiger partial charge in [-0.3, -0.25) is 14.9 Å². The fraction of sp³-hybridized carbons (Fsp3) is 0.133. The Kier molecular flexibility index (Phi) is 8.40. The number of hydrogen-bond acceptors (Lipinski definition) is 4. The summed E-state index contributed by atoms with van der Waals surface area (Å²) in [4.78, 5) is 41.1. The molecule has 4 aromatic rings. The fourth-order valence-electron chi connectivity index (χ4n) is 4.12. The van der Waals surface area contributed by atoms with Crippen molar-refractivity contribution in [3.63, 3.8) is 0 Å². The summed E-state index contributed by atoms with van der Waals surface area (Å²) in [5, 5.41) is 14.4. The van der Waals surface area contributed by atoms with Gasteiger partial charge in [-0.25, -0.2) is 18.6 Å². The maximum atomic E-state index is 13.8. The molecule has 4 rings (SSSR count). The van der Waals surface area contributed by atoms with E-state index in [4.69, 9.17) is 0 Å². The first-order valence-corrected chi connectivity index (χ1v) is 12.1. The number of anilines is 2. The molecule has 0 aliphatic rings. The van der Waals surface area contributed by atoms with Crippen molar-refractivity contribution in [2.24, 2.45) is 5.92 Å². The minimum atomic E-state index is -1.02. The van der Waals surface area contributed by atoms with Crippen LogP contribution in [0.15, 0.2) is 84.9 Å². The number of carboxylic acid groups (broad SMARTS) is 1. The minimum absolute atomic E-state index is 0.117. The molecule has 1 aromatic heterocycles. The second kappa shape index (κ2) is 12.1. The number of aryl methyl sites for hydroxylation is 1. The maximum Gasteiger partial charge on any atom is 0.324 e. The normalized spacial score (nSPS) is 11.5. The van der Waals surface area contributed by atoms with E-state index in [-0.39, 0.29) is 30.1 Å². The van der Waals surface area contributed by atoms with Crippen molar-refractivity contribution < 1.29 is 28.3 Å². The van der Waals surface area contributed by atoms with Gasteiger partial charge in [-0.2, -0.15) is 0 Å². The lowest BCUT2D eigenvalue weighted by Gasteiger charge is -2.13. The number of carboxylic acids is 1. The molecule has 0 saturated carbocycles. The van der Waals surface area contributed by atoms with Crippen molar-refractivity contribution in [3.05, 3.63) is 113 Å². The molecular weight excluding hydrogens is 504 g/mol. The highest BCUT2D eigenvalue weighted by Crippen LogP contribution is 2.25. The molecule has 0 fully saturated rings. The van der Waals surface area contributed by atoms with E-state index >= 15 is 0 Å². The van der Waals surface area contributed by atoms with Crippen molar-refractivity contribution >= 4 is 29.3 Å². The number of hydrogen-bond donors (Lipinski definition) is 3. The number of ketones is 1. The van der Waals surface area contributed by atoms with Crippen LogP contribution in [0.1, 0.15) is 28.0 Å². The fourth-order valence-corrected chi connectivity index (χ4v) is 4.12. The Morgan fingerprint density at radius 3 is 2.26 bits per heavy atom. The Hall–Kier alpha value is -4.92. The van der Waals surface area contributed by atoms with Gasteiger partial charge in [0.15, 0.2) is 5.78 Å². The van der Waals surface area contributed by atoms with Crippen LogP contribution < -0.4 is 10.6 Å². The second-order valence-electron chi connectivity index (χ2n) is 8.96. The Labute approximate surface area is 223 Å². The molecule has 7 nitrogen and oxygen atoms in total. The van der Waals surface area contributed by atoms with E-state index < -0.39 is 29.6 Å². The Bertz CT molecular complexity index is 1510. The second-order valence-corrected chi connectivity index (χ2v) is 8.96. The number of urea groups is 1. The van der Waals surface area contributed by atoms with Gasteiger partial charge in [0.25, 0.3) is 0 Å². The molecule has 0 bridgehead atoms. The zero-order valence-electron chi connectivity index (χ0n) is 20.9. The van der Waals surface area contributed by atoms with Crippen LogP contribution in [0.5, 0.6) is 0 Å². The van der Waals surface area contributed by atoms with E-state index in [1.54, 1.807) is 43.3 Å². The quantitative estimate of drug-likeness (QED) is 0.215. The number of Topliss-reactive ketones (excluding diaryl/α,β-unsaturated/α-hetero) is 1. The third-order valence-electron chi connectivity index (χ3n) is 6.13. The van der Waals surface area contributed by atoms with Gasteiger partial charge in [-0.05, 0) is 48.7 Å². The molecule has 3 aromatic carbocycles. The number of benzene rings is 3. The number of nitrogens with one attached hydrogen (secondary N) is 2. The summed E-state index contributed by atoms with van der Waals surface area (Å²) < 4.78 is 26.8. The van der Waals surface area contributed by atoms with Crippen LogP contribution in [0.3, 0.4) is 0 Å². The molecule has 3 N–H and O–H groups in total. The molecule has 0 saturated heterocycles. The zero-order valence-corrected chi connectivity index (χ0v) is 20.9. The number of pyridine rings is 1. The number of aliphatic carboxylic acids is 1. The van der Waals surface area contributed by atoms with Gasteiger partial charge in [0, 0.05) is 29.3 Å². The number of rotatable bonds is 9. The summed E-state index contributed by atoms with van der Waals surface area (Å²) in [6, 6.07) is 21.4. The van der Waals surface area contributed by atoms with Gasteiger partial charge in [0.2, 0.25) is 0 Å². The Morgan fingerprint density at radius 1 is 0.897 bits per heavy atom. The molecule has 1 unspecified atom stereocenters. The third kappa shape index (κ3) is 7.10. The Balaban J connectivity index is 1.40. The van der Waals surface area contributed by atoms with Crippen LogP contribution in [-0.2, 0) is 11.2 Å².